The van der Waals surface area contributed by atoms with Gasteiger partial charge in [-0.05, 0) is 80.2 Å². The second-order valence-corrected chi connectivity index (χ2v) is 19.4. The van der Waals surface area contributed by atoms with Gasteiger partial charge in [-0.2, -0.15) is 0 Å². The van der Waals surface area contributed by atoms with Crippen molar-refractivity contribution in [1.29, 1.82) is 0 Å². The van der Waals surface area contributed by atoms with Crippen LogP contribution in [-0.2, 0) is 0 Å². The van der Waals surface area contributed by atoms with Crippen molar-refractivity contribution < 1.29 is 0 Å². The number of hydrogen-bond acceptors (Lipinski definition) is 2. The summed E-state index contributed by atoms with van der Waals surface area (Å²) in [5.74, 6) is 0. The Labute approximate surface area is 412 Å². The Kier molecular flexibility index (Phi) is 9.60. The van der Waals surface area contributed by atoms with E-state index in [1.54, 1.807) is 0 Å². The topological polar surface area (TPSA) is 8.17 Å². The molecule has 2 aliphatic rings. The minimum Gasteiger partial charge on any atom is -0.311 e. The van der Waals surface area contributed by atoms with Crippen LogP contribution in [0.15, 0.2) is 271 Å². The molecule has 0 saturated carbocycles. The van der Waals surface area contributed by atoms with E-state index in [1.807, 2.05) is 11.8 Å². The molecular formula is C66H43BN2S. The first kappa shape index (κ1) is 40.5. The highest BCUT2D eigenvalue weighted by molar-refractivity contribution is 8.00. The quantitative estimate of drug-likeness (QED) is 0.147. The normalized spacial score (nSPS) is 12.5. The summed E-state index contributed by atoms with van der Waals surface area (Å²) in [5.41, 5.74) is 23.0. The van der Waals surface area contributed by atoms with Gasteiger partial charge in [0.15, 0.2) is 0 Å². The molecule has 0 bridgehead atoms. The maximum atomic E-state index is 2.59. The van der Waals surface area contributed by atoms with Crippen LogP contribution in [0, 0.1) is 0 Å². The molecule has 14 rings (SSSR count). The monoisotopic (exact) mass is 906 g/mol. The molecular weight excluding hydrogens is 864 g/mol. The molecule has 0 amide bonds. The van der Waals surface area contributed by atoms with E-state index in [1.165, 1.54) is 115 Å². The highest BCUT2D eigenvalue weighted by Gasteiger charge is 2.42. The van der Waals surface area contributed by atoms with Gasteiger partial charge in [0, 0.05) is 54.3 Å². The first-order valence-corrected chi connectivity index (χ1v) is 24.9. The molecule has 2 aliphatic heterocycles. The lowest BCUT2D eigenvalue weighted by molar-refractivity contribution is 1.15. The van der Waals surface area contributed by atoms with E-state index in [0.29, 0.717) is 0 Å². The van der Waals surface area contributed by atoms with Crippen molar-refractivity contribution in [2.75, 3.05) is 4.90 Å². The van der Waals surface area contributed by atoms with Crippen LogP contribution in [0.2, 0.25) is 0 Å². The highest BCUT2D eigenvalue weighted by atomic mass is 32.2. The van der Waals surface area contributed by atoms with Crippen LogP contribution in [0.25, 0.3) is 83.1 Å². The first-order chi connectivity index (χ1) is 34.7. The smallest absolute Gasteiger partial charge is 0.249 e. The predicted molar refractivity (Wildman–Crippen MR) is 298 cm³/mol. The summed E-state index contributed by atoms with van der Waals surface area (Å²) < 4.78 is 2.59. The molecule has 70 heavy (non-hydrogen) atoms. The molecule has 3 heterocycles. The fourth-order valence-electron chi connectivity index (χ4n) is 11.4. The summed E-state index contributed by atoms with van der Waals surface area (Å²) in [6.45, 7) is -0.0318. The number of benzene rings is 11. The highest BCUT2D eigenvalue weighted by Crippen LogP contribution is 2.49. The molecule has 0 radical (unpaired) electrons. The SMILES string of the molecule is c1ccc(-c2ccc3c(c2)B2c4cc(-c5ccccc5)ccc4N(c4ccccc4-c4ccccc4)c4cc(-n5c6c(-c7ccccc7)cccc6c6cccc(-c7ccccc7)c65)cc(c42)S3)cc1. The number of rotatable bonds is 7. The van der Waals surface area contributed by atoms with Gasteiger partial charge in [0.2, 0.25) is 6.71 Å². The Morgan fingerprint density at radius 3 is 1.34 bits per heavy atom. The summed E-state index contributed by atoms with van der Waals surface area (Å²) >= 11 is 1.91. The lowest BCUT2D eigenvalue weighted by Gasteiger charge is -2.41. The summed E-state index contributed by atoms with van der Waals surface area (Å²) in [6.07, 6.45) is 0. The third-order valence-electron chi connectivity index (χ3n) is 14.4. The predicted octanol–water partition coefficient (Wildman–Crippen LogP) is 15.9. The van der Waals surface area contributed by atoms with Gasteiger partial charge >= 0.3 is 0 Å². The van der Waals surface area contributed by atoms with Crippen molar-refractivity contribution in [3.05, 3.63) is 261 Å². The Morgan fingerprint density at radius 1 is 0.300 bits per heavy atom. The maximum Gasteiger partial charge on any atom is 0.249 e. The average molecular weight is 907 g/mol. The fraction of sp³-hybridized carbons (Fsp3) is 0. The second-order valence-electron chi connectivity index (χ2n) is 18.4. The zero-order chi connectivity index (χ0) is 46.1. The summed E-state index contributed by atoms with van der Waals surface area (Å²) in [7, 11) is 0. The number of fused-ring (bicyclic) bond motifs is 7. The van der Waals surface area contributed by atoms with Gasteiger partial charge in [0.1, 0.15) is 0 Å². The van der Waals surface area contributed by atoms with Crippen LogP contribution >= 0.6 is 11.8 Å². The molecule has 326 valence electrons. The lowest BCUT2D eigenvalue weighted by Crippen LogP contribution is -2.60. The van der Waals surface area contributed by atoms with Crippen molar-refractivity contribution in [3.63, 3.8) is 0 Å². The van der Waals surface area contributed by atoms with Gasteiger partial charge in [0.05, 0.1) is 16.7 Å². The molecule has 0 aliphatic carbocycles. The Morgan fingerprint density at radius 2 is 0.771 bits per heavy atom. The molecule has 11 aromatic carbocycles. The number of aromatic nitrogens is 1. The van der Waals surface area contributed by atoms with Crippen LogP contribution in [0.4, 0.5) is 17.1 Å². The molecule has 0 spiro atoms. The standard InChI is InChI=1S/C66H43BN2S/c1-6-20-44(21-7-1)49-36-38-60-57(40-49)67-58-41-50(45-22-8-2-9-23-45)37-39-62(58)70-63-43-51(42-61(64(63)67)69(60)59-35-17-16-30-52(59)46-24-10-3-11-25-46)68-65-53(47-26-12-4-13-27-47)31-18-33-55(65)56-34-19-32-54(66(56)68)48-28-14-5-15-29-48/h1-43H. The Bertz CT molecular complexity index is 3870. The fourth-order valence-corrected chi connectivity index (χ4v) is 12.5. The lowest BCUT2D eigenvalue weighted by atomic mass is 9.34. The Hall–Kier alpha value is -8.57. The molecule has 0 N–H and O–H groups in total. The zero-order valence-corrected chi connectivity index (χ0v) is 39.0. The summed E-state index contributed by atoms with van der Waals surface area (Å²) in [4.78, 5) is 5.13. The average Bonchev–Trinajstić information content (AvgIpc) is 3.79. The van der Waals surface area contributed by atoms with E-state index in [-0.39, 0.29) is 6.71 Å². The third kappa shape index (κ3) is 6.52. The van der Waals surface area contributed by atoms with Crippen molar-refractivity contribution in [2.45, 2.75) is 9.79 Å². The third-order valence-corrected chi connectivity index (χ3v) is 15.6. The van der Waals surface area contributed by atoms with Gasteiger partial charge in [-0.25, -0.2) is 0 Å². The van der Waals surface area contributed by atoms with Crippen molar-refractivity contribution in [1.82, 2.24) is 4.57 Å². The van der Waals surface area contributed by atoms with Gasteiger partial charge in [-0.15, -0.1) is 0 Å². The molecule has 1 aromatic heterocycles. The van der Waals surface area contributed by atoms with Crippen molar-refractivity contribution in [2.24, 2.45) is 0 Å². The number of anilines is 3. The largest absolute Gasteiger partial charge is 0.311 e. The van der Waals surface area contributed by atoms with Gasteiger partial charge < -0.3 is 9.47 Å². The van der Waals surface area contributed by atoms with E-state index in [4.69, 9.17) is 0 Å². The number of para-hydroxylation sites is 3. The first-order valence-electron chi connectivity index (χ1n) is 24.1. The maximum absolute atomic E-state index is 2.59. The van der Waals surface area contributed by atoms with E-state index in [2.05, 4.69) is 270 Å². The van der Waals surface area contributed by atoms with E-state index in [0.717, 1.165) is 11.4 Å². The van der Waals surface area contributed by atoms with E-state index < -0.39 is 0 Å². The van der Waals surface area contributed by atoms with Crippen LogP contribution in [-0.4, -0.2) is 11.3 Å². The molecule has 2 nitrogen and oxygen atoms in total. The Balaban J connectivity index is 1.12. The van der Waals surface area contributed by atoms with Crippen LogP contribution in [0.1, 0.15) is 0 Å². The van der Waals surface area contributed by atoms with Crippen LogP contribution < -0.4 is 21.3 Å². The van der Waals surface area contributed by atoms with Gasteiger partial charge in [0.25, 0.3) is 0 Å². The molecule has 0 atom stereocenters. The second kappa shape index (κ2) is 16.6. The minimum atomic E-state index is -0.0318. The van der Waals surface area contributed by atoms with Crippen LogP contribution in [0.5, 0.6) is 0 Å². The summed E-state index contributed by atoms with van der Waals surface area (Å²) in [5, 5.41) is 2.46. The van der Waals surface area contributed by atoms with Gasteiger partial charge in [-0.1, -0.05) is 248 Å². The molecule has 12 aromatic rings. The molecule has 0 saturated heterocycles. The summed E-state index contributed by atoms with van der Waals surface area (Å²) in [6, 6.07) is 96.4. The molecule has 0 unspecified atom stereocenters. The van der Waals surface area contributed by atoms with Crippen LogP contribution in [0.3, 0.4) is 0 Å². The molecule has 4 heteroatoms. The van der Waals surface area contributed by atoms with Crippen molar-refractivity contribution in [3.8, 4) is 61.3 Å². The minimum absolute atomic E-state index is 0.0318. The molecule has 0 fully saturated rings. The van der Waals surface area contributed by atoms with E-state index in [9.17, 15) is 0 Å². The van der Waals surface area contributed by atoms with Gasteiger partial charge in [-0.3, -0.25) is 0 Å². The number of hydrogen-bond donors (Lipinski definition) is 0. The zero-order valence-electron chi connectivity index (χ0n) is 38.2. The number of nitrogens with zero attached hydrogens (tertiary/aromatic N) is 2. The van der Waals surface area contributed by atoms with E-state index >= 15 is 0 Å². The van der Waals surface area contributed by atoms with Crippen molar-refractivity contribution >= 4 is 73.7 Å².